The number of hydrogen-bond donors (Lipinski definition) is 2. The Bertz CT molecular complexity index is 1920. The molecule has 10 heteroatoms. The molecular weight excluding hydrogens is 760 g/mol. The first-order valence-corrected chi connectivity index (χ1v) is 16.3. The fourth-order valence-electron chi connectivity index (χ4n) is 6.90. The van der Waals surface area contributed by atoms with Crippen LogP contribution in [-0.2, 0) is 12.8 Å². The average Bonchev–Trinajstić information content (AvgIpc) is 3.75. The van der Waals surface area contributed by atoms with Crippen LogP contribution in [0.2, 0.25) is 0 Å². The Labute approximate surface area is 322 Å². The molecule has 0 aliphatic carbocycles. The first-order chi connectivity index (χ1) is 22.3. The van der Waals surface area contributed by atoms with Crippen LogP contribution in [0.3, 0.4) is 0 Å². The van der Waals surface area contributed by atoms with Crippen molar-refractivity contribution < 1.29 is 59.6 Å². The first kappa shape index (κ1) is 40.4. The van der Waals surface area contributed by atoms with Gasteiger partial charge in [0, 0.05) is 13.2 Å². The van der Waals surface area contributed by atoms with E-state index in [2.05, 4.69) is 61.4 Å². The normalized spacial score (nSPS) is 16.0. The molecule has 5 heterocycles. The van der Waals surface area contributed by atoms with Gasteiger partial charge in [0.2, 0.25) is 12.4 Å². The topological polar surface area (TPSA) is 104 Å². The van der Waals surface area contributed by atoms with Gasteiger partial charge in [-0.25, -0.2) is 9.98 Å². The number of aliphatic hydroxyl groups excluding tert-OH is 2. The third-order valence-corrected chi connectivity index (χ3v) is 9.38. The van der Waals surface area contributed by atoms with Crippen molar-refractivity contribution in [1.29, 1.82) is 0 Å². The second kappa shape index (κ2) is 17.3. The molecule has 49 heavy (non-hydrogen) atoms. The summed E-state index contributed by atoms with van der Waals surface area (Å²) in [7, 11) is 3.30. The molecule has 0 spiro atoms. The standard InChI is InChI=1S/C37H44N5O4.2CH3.Gd/c1-7-24-25(8-2)29-16-31-27(12-10-14-44)23(4)33(40-31)20-42-21-41(34-17-36(45-5)37(46-6)18-35(34)42)19-32-22(3)26(11-9-13-43)30(39-32)15-28(24)38-29;;;/h15-20,43-44H,7-14,21H2,1-6H3;2*1H3;/q+1;2*-1;+3. The molecule has 4 aliphatic heterocycles. The molecule has 261 valence electrons. The van der Waals surface area contributed by atoms with Gasteiger partial charge >= 0.3 is 46.6 Å². The number of rotatable bonds is 10. The van der Waals surface area contributed by atoms with E-state index in [1.807, 2.05) is 12.1 Å². The number of nitrogens with zero attached hydrogens (tertiary/aromatic N) is 5. The summed E-state index contributed by atoms with van der Waals surface area (Å²) in [4.78, 5) is 15.6. The van der Waals surface area contributed by atoms with Crippen molar-refractivity contribution in [2.24, 2.45) is 9.98 Å². The van der Waals surface area contributed by atoms with E-state index in [0.29, 0.717) is 31.0 Å². The van der Waals surface area contributed by atoms with Crippen molar-refractivity contribution in [2.45, 2.75) is 66.2 Å². The molecule has 6 rings (SSSR count). The second-order valence-electron chi connectivity index (χ2n) is 12.0. The van der Waals surface area contributed by atoms with Crippen LogP contribution in [0.15, 0.2) is 68.2 Å². The van der Waals surface area contributed by atoms with Crippen LogP contribution in [0.1, 0.15) is 64.5 Å². The Hall–Kier alpha value is -3.02. The van der Waals surface area contributed by atoms with Gasteiger partial charge in [0.05, 0.1) is 37.8 Å². The third-order valence-electron chi connectivity index (χ3n) is 9.38. The molecule has 4 aliphatic rings. The minimum atomic E-state index is 0. The van der Waals surface area contributed by atoms with Crippen molar-refractivity contribution in [3.8, 4) is 11.5 Å². The van der Waals surface area contributed by atoms with E-state index in [-0.39, 0.29) is 68.0 Å². The molecule has 0 unspecified atom stereocenters. The summed E-state index contributed by atoms with van der Waals surface area (Å²) in [5.41, 5.74) is 10.5. The molecule has 2 aromatic rings. The summed E-state index contributed by atoms with van der Waals surface area (Å²) in [5.74, 6) is 1.31. The Balaban J connectivity index is 0.00000217. The number of hydrogen-bond acceptors (Lipinski definition) is 6. The third kappa shape index (κ3) is 7.54. The van der Waals surface area contributed by atoms with Gasteiger partial charge in [0.1, 0.15) is 11.4 Å². The summed E-state index contributed by atoms with van der Waals surface area (Å²) >= 11 is 0. The maximum Gasteiger partial charge on any atom is 3.00 e. The van der Waals surface area contributed by atoms with Crippen molar-refractivity contribution in [1.82, 2.24) is 14.1 Å². The van der Waals surface area contributed by atoms with Crippen LogP contribution in [0, 0.1) is 54.8 Å². The predicted molar refractivity (Wildman–Crippen MR) is 195 cm³/mol. The molecular formula is C39H50GdN5O4+2. The molecule has 8 bridgehead atoms. The molecule has 0 fully saturated rings. The molecule has 0 saturated heterocycles. The van der Waals surface area contributed by atoms with Crippen LogP contribution in [0.5, 0.6) is 11.5 Å². The Morgan fingerprint density at radius 1 is 0.735 bits per heavy atom. The van der Waals surface area contributed by atoms with Crippen molar-refractivity contribution in [2.75, 3.05) is 34.1 Å². The number of allylic oxidation sites excluding steroid dienone is 4. The zero-order valence-corrected chi connectivity index (χ0v) is 32.4. The fourth-order valence-corrected chi connectivity index (χ4v) is 6.90. The van der Waals surface area contributed by atoms with Gasteiger partial charge in [-0.2, -0.15) is 0 Å². The van der Waals surface area contributed by atoms with E-state index >= 15 is 0 Å². The second-order valence-corrected chi connectivity index (χ2v) is 12.0. The van der Waals surface area contributed by atoms with Crippen molar-refractivity contribution in [3.05, 3.63) is 106 Å². The fraction of sp³-hybridized carbons (Fsp3) is 0.385. The van der Waals surface area contributed by atoms with Gasteiger partial charge in [-0.05, 0) is 74.7 Å². The molecule has 2 N–H and O–H groups in total. The van der Waals surface area contributed by atoms with E-state index in [1.54, 1.807) is 14.2 Å². The van der Waals surface area contributed by atoms with Gasteiger partial charge in [-0.3, -0.25) is 0 Å². The predicted octanol–water partition coefficient (Wildman–Crippen LogP) is 2.68. The number of ether oxygens (including phenoxy) is 2. The average molecular weight is 810 g/mol. The number of benzene rings is 1. The zero-order valence-electron chi connectivity index (χ0n) is 30.1. The molecule has 9 nitrogen and oxygen atoms in total. The molecule has 1 aromatic heterocycles. The van der Waals surface area contributed by atoms with Crippen LogP contribution in [-0.4, -0.2) is 55.7 Å². The number of aliphatic hydroxyl groups is 2. The van der Waals surface area contributed by atoms with Gasteiger partial charge in [0.25, 0.3) is 10.7 Å². The maximum absolute atomic E-state index is 9.73. The summed E-state index contributed by atoms with van der Waals surface area (Å²) in [6.07, 6.45) is 13.0. The SMILES string of the molecule is CCc1c(CC)c2[n-]c1=CC1=NC(=C[N+]3=c4cc(OC)c(OC)cc4=[N+](C=C4N=C(C=2)C(CCCO)=C4C)C3)C(C)=C1CCCO.[CH3-].[CH3-].[Gd+3]. The van der Waals surface area contributed by atoms with Crippen molar-refractivity contribution in [3.63, 3.8) is 0 Å². The zero-order chi connectivity index (χ0) is 32.5. The summed E-state index contributed by atoms with van der Waals surface area (Å²) in [5, 5.41) is 23.3. The number of fused-ring (bicyclic) bond motifs is 7. The smallest absolute Gasteiger partial charge is 0.657 e. The minimum absolute atomic E-state index is 0. The van der Waals surface area contributed by atoms with Crippen LogP contribution in [0.4, 0.5) is 0 Å². The van der Waals surface area contributed by atoms with Gasteiger partial charge < -0.3 is 39.5 Å². The van der Waals surface area contributed by atoms with E-state index in [0.717, 1.165) is 92.2 Å². The number of aromatic nitrogens is 1. The molecule has 0 saturated carbocycles. The first-order valence-electron chi connectivity index (χ1n) is 16.3. The van der Waals surface area contributed by atoms with E-state index in [9.17, 15) is 10.2 Å². The summed E-state index contributed by atoms with van der Waals surface area (Å²) in [6.45, 7) is 9.39. The van der Waals surface area contributed by atoms with Crippen LogP contribution >= 0.6 is 0 Å². The largest absolute Gasteiger partial charge is 3.00 e. The molecule has 1 radical (unpaired) electrons. The van der Waals surface area contributed by atoms with Gasteiger partial charge in [-0.15, -0.1) is 19.8 Å². The summed E-state index contributed by atoms with van der Waals surface area (Å²) in [6, 6.07) is 4.02. The quantitative estimate of drug-likeness (QED) is 0.284. The molecule has 1 aromatic carbocycles. The van der Waals surface area contributed by atoms with E-state index in [4.69, 9.17) is 24.4 Å². The van der Waals surface area contributed by atoms with Gasteiger partial charge in [-0.1, -0.05) is 37.1 Å². The monoisotopic (exact) mass is 810 g/mol. The number of methoxy groups -OCH3 is 2. The van der Waals surface area contributed by atoms with E-state index in [1.165, 1.54) is 11.1 Å². The Morgan fingerprint density at radius 2 is 1.14 bits per heavy atom. The van der Waals surface area contributed by atoms with Crippen LogP contribution < -0.4 is 45.0 Å². The Morgan fingerprint density at radius 3 is 1.49 bits per heavy atom. The van der Waals surface area contributed by atoms with Crippen molar-refractivity contribution >= 4 is 23.6 Å². The maximum atomic E-state index is 9.73. The summed E-state index contributed by atoms with van der Waals surface area (Å²) < 4.78 is 15.8. The van der Waals surface area contributed by atoms with E-state index < -0.39 is 0 Å². The number of aliphatic imine (C=N–C) groups is 2. The van der Waals surface area contributed by atoms with Gasteiger partial charge in [0.15, 0.2) is 11.5 Å². The Kier molecular flexibility index (Phi) is 14.2. The minimum Gasteiger partial charge on any atom is -0.657 e. The molecule has 0 atom stereocenters. The van der Waals surface area contributed by atoms with Crippen LogP contribution in [0.25, 0.3) is 12.2 Å². The molecule has 0 amide bonds.